The molecule has 8 atom stereocenters. The fourth-order valence-corrected chi connectivity index (χ4v) is 7.86. The first-order valence-electron chi connectivity index (χ1n) is 12.8. The Kier molecular flexibility index (Phi) is 5.86. The molecule has 0 bridgehead atoms. The topological polar surface area (TPSA) is 20.2 Å². The molecule has 0 saturated heterocycles. The molecule has 2 fully saturated rings. The van der Waals surface area contributed by atoms with Crippen LogP contribution in [0.1, 0.15) is 99.3 Å². The van der Waals surface area contributed by atoms with E-state index in [0.717, 1.165) is 42.4 Å². The van der Waals surface area contributed by atoms with E-state index in [0.29, 0.717) is 16.7 Å². The van der Waals surface area contributed by atoms with Crippen LogP contribution in [0.2, 0.25) is 0 Å². The van der Waals surface area contributed by atoms with Gasteiger partial charge in [0.15, 0.2) is 0 Å². The van der Waals surface area contributed by atoms with Crippen LogP contribution in [0.15, 0.2) is 23.3 Å². The largest absolute Gasteiger partial charge is 0.393 e. The Bertz CT molecular complexity index is 672. The highest BCUT2D eigenvalue weighted by Crippen LogP contribution is 2.65. The van der Waals surface area contributed by atoms with Crippen LogP contribution in [0, 0.1) is 46.3 Å². The summed E-state index contributed by atoms with van der Waals surface area (Å²) in [6.07, 6.45) is 16.5. The number of aliphatic hydroxyl groups excluding tert-OH is 1. The second-order valence-corrected chi connectivity index (χ2v) is 12.3. The molecule has 0 aromatic heterocycles. The number of rotatable bonds is 5. The van der Waals surface area contributed by atoms with Gasteiger partial charge in [0.05, 0.1) is 6.10 Å². The maximum absolute atomic E-state index is 10.2. The van der Waals surface area contributed by atoms with E-state index in [1.54, 1.807) is 11.1 Å². The average Bonchev–Trinajstić information content (AvgIpc) is 3.03. The summed E-state index contributed by atoms with van der Waals surface area (Å²) in [7, 11) is 0. The first-order chi connectivity index (χ1) is 13.7. The molecule has 0 spiro atoms. The van der Waals surface area contributed by atoms with Crippen molar-refractivity contribution in [2.75, 3.05) is 0 Å². The van der Waals surface area contributed by atoms with Gasteiger partial charge < -0.3 is 5.11 Å². The van der Waals surface area contributed by atoms with E-state index < -0.39 is 0 Å². The van der Waals surface area contributed by atoms with Crippen LogP contribution in [0.25, 0.3) is 0 Å². The summed E-state index contributed by atoms with van der Waals surface area (Å²) in [5.74, 6) is 4.81. The van der Waals surface area contributed by atoms with Crippen LogP contribution in [-0.2, 0) is 0 Å². The molecule has 164 valence electrons. The van der Waals surface area contributed by atoms with Gasteiger partial charge in [0.1, 0.15) is 0 Å². The van der Waals surface area contributed by atoms with Crippen molar-refractivity contribution in [2.45, 2.75) is 105 Å². The van der Waals surface area contributed by atoms with Crippen molar-refractivity contribution in [3.05, 3.63) is 23.3 Å². The lowest BCUT2D eigenvalue weighted by molar-refractivity contribution is 0.0309. The molecule has 0 heterocycles. The molecule has 1 N–H and O–H groups in total. The van der Waals surface area contributed by atoms with Gasteiger partial charge in [-0.2, -0.15) is 0 Å². The van der Waals surface area contributed by atoms with Crippen molar-refractivity contribution in [1.82, 2.24) is 0 Å². The molecule has 0 aromatic rings. The van der Waals surface area contributed by atoms with Gasteiger partial charge in [-0.3, -0.25) is 0 Å². The second-order valence-electron chi connectivity index (χ2n) is 12.3. The molecule has 1 unspecified atom stereocenters. The standard InChI is InChI=1S/C28H46O/c1-18(2)19(3)7-8-20(4)24-11-12-25-23-10-9-21-17-22(29)13-15-27(21,5)26(23)14-16-28(24,25)6/h10,14,18-22,24-25,29H,7-9,11-13,15-17H2,1-6H3/t19-,20+,21?,22-,24+,25-,27-,28+/m0/s1. The molecule has 1 heteroatoms. The Hall–Kier alpha value is -0.560. The average molecular weight is 399 g/mol. The Morgan fingerprint density at radius 2 is 1.79 bits per heavy atom. The Labute approximate surface area is 180 Å². The van der Waals surface area contributed by atoms with Crippen LogP contribution in [0.3, 0.4) is 0 Å². The maximum Gasteiger partial charge on any atom is 0.0543 e. The zero-order chi connectivity index (χ0) is 21.0. The number of hydrogen-bond donors (Lipinski definition) is 1. The Morgan fingerprint density at radius 3 is 2.52 bits per heavy atom. The fourth-order valence-electron chi connectivity index (χ4n) is 7.86. The van der Waals surface area contributed by atoms with Gasteiger partial charge in [0.2, 0.25) is 0 Å². The molecule has 0 radical (unpaired) electrons. The molecular weight excluding hydrogens is 352 g/mol. The lowest BCUT2D eigenvalue weighted by Crippen LogP contribution is -2.44. The predicted molar refractivity (Wildman–Crippen MR) is 124 cm³/mol. The Morgan fingerprint density at radius 1 is 1.03 bits per heavy atom. The van der Waals surface area contributed by atoms with Crippen LogP contribution in [-0.4, -0.2) is 11.2 Å². The van der Waals surface area contributed by atoms with Gasteiger partial charge in [0, 0.05) is 0 Å². The van der Waals surface area contributed by atoms with E-state index in [-0.39, 0.29) is 6.10 Å². The van der Waals surface area contributed by atoms with Gasteiger partial charge in [0.25, 0.3) is 0 Å². The quantitative estimate of drug-likeness (QED) is 0.506. The molecule has 4 aliphatic rings. The minimum absolute atomic E-state index is 0.0672. The summed E-state index contributed by atoms with van der Waals surface area (Å²) in [6, 6.07) is 0. The number of aliphatic hydroxyl groups is 1. The molecule has 29 heavy (non-hydrogen) atoms. The number of hydrogen-bond acceptors (Lipinski definition) is 1. The molecule has 1 nitrogen and oxygen atoms in total. The molecule has 0 aromatic carbocycles. The second kappa shape index (κ2) is 7.85. The third kappa shape index (κ3) is 3.58. The first-order valence-corrected chi connectivity index (χ1v) is 12.8. The highest BCUT2D eigenvalue weighted by molar-refractivity contribution is 5.46. The van der Waals surface area contributed by atoms with Gasteiger partial charge in [-0.25, -0.2) is 0 Å². The van der Waals surface area contributed by atoms with Crippen molar-refractivity contribution in [3.8, 4) is 0 Å². The van der Waals surface area contributed by atoms with E-state index in [9.17, 15) is 5.11 Å². The van der Waals surface area contributed by atoms with Crippen molar-refractivity contribution in [3.63, 3.8) is 0 Å². The monoisotopic (exact) mass is 398 g/mol. The minimum atomic E-state index is -0.0672. The fraction of sp³-hybridized carbons (Fsp3) is 0.857. The van der Waals surface area contributed by atoms with Crippen LogP contribution >= 0.6 is 0 Å². The first kappa shape index (κ1) is 21.7. The van der Waals surface area contributed by atoms with Crippen LogP contribution in [0.4, 0.5) is 0 Å². The number of fused-ring (bicyclic) bond motifs is 5. The van der Waals surface area contributed by atoms with Gasteiger partial charge >= 0.3 is 0 Å². The summed E-state index contributed by atoms with van der Waals surface area (Å²) in [5, 5.41) is 10.2. The van der Waals surface area contributed by atoms with Crippen LogP contribution < -0.4 is 0 Å². The summed E-state index contributed by atoms with van der Waals surface area (Å²) in [4.78, 5) is 0. The highest BCUT2D eigenvalue weighted by atomic mass is 16.3. The van der Waals surface area contributed by atoms with E-state index in [1.807, 2.05) is 0 Å². The van der Waals surface area contributed by atoms with E-state index in [4.69, 9.17) is 0 Å². The molecule has 4 rings (SSSR count). The van der Waals surface area contributed by atoms with Crippen molar-refractivity contribution in [2.24, 2.45) is 46.3 Å². The summed E-state index contributed by atoms with van der Waals surface area (Å²) >= 11 is 0. The van der Waals surface area contributed by atoms with Crippen molar-refractivity contribution >= 4 is 0 Å². The lowest BCUT2D eigenvalue weighted by Gasteiger charge is -2.53. The third-order valence-electron chi connectivity index (χ3n) is 10.4. The van der Waals surface area contributed by atoms with Crippen LogP contribution in [0.5, 0.6) is 0 Å². The summed E-state index contributed by atoms with van der Waals surface area (Å²) in [6.45, 7) is 14.9. The zero-order valence-corrected chi connectivity index (χ0v) is 20.0. The third-order valence-corrected chi connectivity index (χ3v) is 10.4. The van der Waals surface area contributed by atoms with Gasteiger partial charge in [-0.05, 0) is 102 Å². The molecule has 2 saturated carbocycles. The van der Waals surface area contributed by atoms with E-state index in [2.05, 4.69) is 53.7 Å². The SMILES string of the molecule is CC(C)[C@@H](C)CC[C@@H](C)[C@H]1CC[C@H]2C3=CCC4C[C@@H](O)CC[C@]4(C)C3=CC[C@]12C. The summed E-state index contributed by atoms with van der Waals surface area (Å²) in [5.41, 5.74) is 4.22. The van der Waals surface area contributed by atoms with E-state index in [1.165, 1.54) is 44.9 Å². The molecule has 0 aliphatic heterocycles. The lowest BCUT2D eigenvalue weighted by atomic mass is 9.51. The maximum atomic E-state index is 10.2. The molecular formula is C28H46O. The van der Waals surface area contributed by atoms with Gasteiger partial charge in [-0.15, -0.1) is 0 Å². The zero-order valence-electron chi connectivity index (χ0n) is 20.0. The summed E-state index contributed by atoms with van der Waals surface area (Å²) < 4.78 is 0. The number of allylic oxidation sites excluding steroid dienone is 4. The smallest absolute Gasteiger partial charge is 0.0543 e. The van der Waals surface area contributed by atoms with Crippen molar-refractivity contribution < 1.29 is 5.11 Å². The van der Waals surface area contributed by atoms with Crippen molar-refractivity contribution in [1.29, 1.82) is 0 Å². The van der Waals surface area contributed by atoms with Gasteiger partial charge in [-0.1, -0.05) is 66.5 Å². The molecule has 4 aliphatic carbocycles. The van der Waals surface area contributed by atoms with E-state index >= 15 is 0 Å². The predicted octanol–water partition coefficient (Wildman–Crippen LogP) is 7.55. The molecule has 0 amide bonds. The minimum Gasteiger partial charge on any atom is -0.393 e. The normalized spacial score (nSPS) is 43.7. The Balaban J connectivity index is 1.53. The highest BCUT2D eigenvalue weighted by Gasteiger charge is 2.55.